The van der Waals surface area contributed by atoms with Crippen LogP contribution in [0.4, 0.5) is 0 Å². The number of hydrogen-bond acceptors (Lipinski definition) is 2. The highest BCUT2D eigenvalue weighted by atomic mass is 14.8. The van der Waals surface area contributed by atoms with Gasteiger partial charge in [-0.15, -0.1) is 0 Å². The van der Waals surface area contributed by atoms with E-state index >= 15 is 0 Å². The molecule has 0 radical (unpaired) electrons. The normalized spacial score (nSPS) is 13.1. The fourth-order valence-electron chi connectivity index (χ4n) is 3.20. The van der Waals surface area contributed by atoms with Gasteiger partial charge < -0.3 is 0 Å². The lowest BCUT2D eigenvalue weighted by Crippen LogP contribution is -1.97. The SMILES string of the molecule is Cc1cccc(Cc2ccc3c(c2)C(/C=C/c2ccccn2)=NC3)c1. The van der Waals surface area contributed by atoms with Crippen LogP contribution in [0.5, 0.6) is 0 Å². The van der Waals surface area contributed by atoms with E-state index in [0.29, 0.717) is 0 Å². The van der Waals surface area contributed by atoms with Crippen LogP contribution in [0, 0.1) is 6.92 Å². The molecule has 0 aliphatic carbocycles. The van der Waals surface area contributed by atoms with Crippen LogP contribution in [-0.4, -0.2) is 10.7 Å². The highest BCUT2D eigenvalue weighted by Gasteiger charge is 2.14. The lowest BCUT2D eigenvalue weighted by Gasteiger charge is -2.07. The van der Waals surface area contributed by atoms with Gasteiger partial charge >= 0.3 is 0 Å². The summed E-state index contributed by atoms with van der Waals surface area (Å²) in [5.74, 6) is 0. The molecule has 4 rings (SSSR count). The summed E-state index contributed by atoms with van der Waals surface area (Å²) >= 11 is 0. The molecule has 0 unspecified atom stereocenters. The van der Waals surface area contributed by atoms with Crippen molar-refractivity contribution in [2.45, 2.75) is 19.9 Å². The minimum atomic E-state index is 0.766. The van der Waals surface area contributed by atoms with Crippen molar-refractivity contribution < 1.29 is 0 Å². The zero-order valence-electron chi connectivity index (χ0n) is 14.3. The van der Waals surface area contributed by atoms with Crippen molar-refractivity contribution in [2.75, 3.05) is 0 Å². The van der Waals surface area contributed by atoms with Crippen LogP contribution >= 0.6 is 0 Å². The second-order valence-electron chi connectivity index (χ2n) is 6.45. The number of aliphatic imine (C=N–C) groups is 1. The van der Waals surface area contributed by atoms with Crippen molar-refractivity contribution in [1.29, 1.82) is 0 Å². The monoisotopic (exact) mass is 324 g/mol. The molecule has 0 atom stereocenters. The number of rotatable bonds is 4. The van der Waals surface area contributed by atoms with Gasteiger partial charge in [0.1, 0.15) is 0 Å². The molecular formula is C23H20N2. The molecule has 0 saturated heterocycles. The third kappa shape index (κ3) is 3.58. The van der Waals surface area contributed by atoms with Crippen molar-refractivity contribution in [3.63, 3.8) is 0 Å². The van der Waals surface area contributed by atoms with E-state index in [1.807, 2.05) is 30.5 Å². The topological polar surface area (TPSA) is 25.2 Å². The molecule has 2 heterocycles. The van der Waals surface area contributed by atoms with Gasteiger partial charge in [-0.3, -0.25) is 9.98 Å². The molecule has 0 amide bonds. The number of hydrogen-bond donors (Lipinski definition) is 0. The molecule has 122 valence electrons. The first-order valence-corrected chi connectivity index (χ1v) is 8.59. The Balaban J connectivity index is 1.57. The Kier molecular flexibility index (Phi) is 4.26. The summed E-state index contributed by atoms with van der Waals surface area (Å²) in [6, 6.07) is 21.4. The maximum absolute atomic E-state index is 4.68. The van der Waals surface area contributed by atoms with Crippen LogP contribution in [-0.2, 0) is 13.0 Å². The molecule has 2 heteroatoms. The second-order valence-corrected chi connectivity index (χ2v) is 6.45. The Morgan fingerprint density at radius 2 is 1.84 bits per heavy atom. The maximum atomic E-state index is 4.68. The molecule has 0 fully saturated rings. The largest absolute Gasteiger partial charge is 0.280 e. The van der Waals surface area contributed by atoms with Crippen LogP contribution in [0.2, 0.25) is 0 Å². The number of fused-ring (bicyclic) bond motifs is 1. The van der Waals surface area contributed by atoms with E-state index in [1.54, 1.807) is 0 Å². The number of aromatic nitrogens is 1. The van der Waals surface area contributed by atoms with Crippen LogP contribution in [0.15, 0.2) is 77.9 Å². The van der Waals surface area contributed by atoms with Gasteiger partial charge in [-0.05, 0) is 60.4 Å². The molecule has 0 spiro atoms. The summed E-state index contributed by atoms with van der Waals surface area (Å²) < 4.78 is 0. The molecule has 0 bridgehead atoms. The first-order chi connectivity index (χ1) is 12.3. The average molecular weight is 324 g/mol. The Morgan fingerprint density at radius 3 is 2.68 bits per heavy atom. The van der Waals surface area contributed by atoms with Crippen molar-refractivity contribution in [3.8, 4) is 0 Å². The molecule has 2 nitrogen and oxygen atoms in total. The fourth-order valence-corrected chi connectivity index (χ4v) is 3.20. The maximum Gasteiger partial charge on any atom is 0.0655 e. The summed E-state index contributed by atoms with van der Waals surface area (Å²) in [5, 5.41) is 0. The zero-order valence-corrected chi connectivity index (χ0v) is 14.3. The van der Waals surface area contributed by atoms with Crippen LogP contribution in [0.1, 0.15) is 33.5 Å². The first kappa shape index (κ1) is 15.5. The van der Waals surface area contributed by atoms with E-state index in [0.717, 1.165) is 24.4 Å². The van der Waals surface area contributed by atoms with E-state index in [4.69, 9.17) is 0 Å². The Morgan fingerprint density at radius 1 is 0.920 bits per heavy atom. The molecule has 1 aromatic heterocycles. The minimum Gasteiger partial charge on any atom is -0.280 e. The third-order valence-corrected chi connectivity index (χ3v) is 4.46. The second kappa shape index (κ2) is 6.86. The van der Waals surface area contributed by atoms with Gasteiger partial charge in [-0.25, -0.2) is 0 Å². The number of aryl methyl sites for hydroxylation is 1. The van der Waals surface area contributed by atoms with Gasteiger partial charge in [0.05, 0.1) is 18.0 Å². The molecule has 3 aromatic rings. The Bertz CT molecular complexity index is 953. The third-order valence-electron chi connectivity index (χ3n) is 4.46. The Labute approximate surface area is 148 Å². The highest BCUT2D eigenvalue weighted by molar-refractivity contribution is 6.13. The van der Waals surface area contributed by atoms with Crippen molar-refractivity contribution in [3.05, 3.63) is 106 Å². The minimum absolute atomic E-state index is 0.766. The lowest BCUT2D eigenvalue weighted by atomic mass is 9.97. The predicted molar refractivity (Wildman–Crippen MR) is 104 cm³/mol. The van der Waals surface area contributed by atoms with Crippen LogP contribution in [0.3, 0.4) is 0 Å². The van der Waals surface area contributed by atoms with Gasteiger partial charge in [0.2, 0.25) is 0 Å². The summed E-state index contributed by atoms with van der Waals surface area (Å²) in [6.45, 7) is 2.90. The number of nitrogens with zero attached hydrogens (tertiary/aromatic N) is 2. The quantitative estimate of drug-likeness (QED) is 0.663. The van der Waals surface area contributed by atoms with Gasteiger partial charge in [0, 0.05) is 11.8 Å². The number of benzene rings is 2. The van der Waals surface area contributed by atoms with Gasteiger partial charge in [0.15, 0.2) is 0 Å². The van der Waals surface area contributed by atoms with Gasteiger partial charge in [-0.1, -0.05) is 48.0 Å². The fraction of sp³-hybridized carbons (Fsp3) is 0.130. The Hall–Kier alpha value is -3.00. The van der Waals surface area contributed by atoms with E-state index in [1.165, 1.54) is 27.8 Å². The number of pyridine rings is 1. The smallest absolute Gasteiger partial charge is 0.0655 e. The molecule has 1 aliphatic rings. The van der Waals surface area contributed by atoms with E-state index < -0.39 is 0 Å². The van der Waals surface area contributed by atoms with Crippen molar-refractivity contribution in [1.82, 2.24) is 4.98 Å². The van der Waals surface area contributed by atoms with E-state index in [9.17, 15) is 0 Å². The molecule has 25 heavy (non-hydrogen) atoms. The molecular weight excluding hydrogens is 304 g/mol. The molecule has 1 aliphatic heterocycles. The molecule has 2 aromatic carbocycles. The predicted octanol–water partition coefficient (Wildman–Crippen LogP) is 5.00. The standard InChI is InChI=1S/C23H20N2/c1-17-5-4-6-18(13-17)14-19-8-9-20-16-25-23(22(20)15-19)11-10-21-7-2-3-12-24-21/h2-13,15H,14,16H2,1H3/b11-10+. The van der Waals surface area contributed by atoms with Crippen LogP contribution < -0.4 is 0 Å². The summed E-state index contributed by atoms with van der Waals surface area (Å²) in [7, 11) is 0. The lowest BCUT2D eigenvalue weighted by molar-refractivity contribution is 1.10. The van der Waals surface area contributed by atoms with Crippen LogP contribution in [0.25, 0.3) is 6.08 Å². The molecule has 0 saturated carbocycles. The molecule has 0 N–H and O–H groups in total. The summed E-state index contributed by atoms with van der Waals surface area (Å²) in [4.78, 5) is 9.02. The van der Waals surface area contributed by atoms with Crippen molar-refractivity contribution >= 4 is 11.8 Å². The van der Waals surface area contributed by atoms with E-state index in [-0.39, 0.29) is 0 Å². The van der Waals surface area contributed by atoms with Crippen molar-refractivity contribution in [2.24, 2.45) is 4.99 Å². The highest BCUT2D eigenvalue weighted by Crippen LogP contribution is 2.23. The first-order valence-electron chi connectivity index (χ1n) is 8.59. The van der Waals surface area contributed by atoms with E-state index in [2.05, 4.69) is 65.4 Å². The average Bonchev–Trinajstić information content (AvgIpc) is 3.03. The van der Waals surface area contributed by atoms with Gasteiger partial charge in [0.25, 0.3) is 0 Å². The summed E-state index contributed by atoms with van der Waals surface area (Å²) in [5.41, 5.74) is 8.53. The summed E-state index contributed by atoms with van der Waals surface area (Å²) in [6.07, 6.45) is 6.86. The zero-order chi connectivity index (χ0) is 17.1. The number of allylic oxidation sites excluding steroid dienone is 1. The van der Waals surface area contributed by atoms with Gasteiger partial charge in [-0.2, -0.15) is 0 Å².